The molecule has 0 aromatic carbocycles. The van der Waals surface area contributed by atoms with Gasteiger partial charge < -0.3 is 5.73 Å². The summed E-state index contributed by atoms with van der Waals surface area (Å²) in [4.78, 5) is 2.54. The van der Waals surface area contributed by atoms with E-state index in [9.17, 15) is 0 Å². The van der Waals surface area contributed by atoms with E-state index in [1.54, 1.807) is 0 Å². The summed E-state index contributed by atoms with van der Waals surface area (Å²) in [6.45, 7) is 6.97. The fourth-order valence-corrected chi connectivity index (χ4v) is 2.83. The van der Waals surface area contributed by atoms with Crippen molar-refractivity contribution in [3.05, 3.63) is 18.0 Å². The first-order valence-corrected chi connectivity index (χ1v) is 6.99. The molecule has 2 heterocycles. The molecule has 1 unspecified atom stereocenters. The number of aryl methyl sites for hydroxylation is 2. The number of nitrogens with two attached hydrogens (primary N) is 1. The standard InChI is InChI=1S/C14H26N4/c1-14(2,18-10-4-5-11-18)13(15)7-6-12-8-9-16-17(12)3/h8-9,13H,4-7,10-11,15H2,1-3H3. The highest BCUT2D eigenvalue weighted by Crippen LogP contribution is 2.25. The Morgan fingerprint density at radius 1 is 1.39 bits per heavy atom. The molecule has 2 N–H and O–H groups in total. The molecule has 1 atom stereocenters. The van der Waals surface area contributed by atoms with E-state index >= 15 is 0 Å². The number of nitrogens with zero attached hydrogens (tertiary/aromatic N) is 3. The summed E-state index contributed by atoms with van der Waals surface area (Å²) < 4.78 is 1.94. The molecule has 1 aliphatic rings. The lowest BCUT2D eigenvalue weighted by molar-refractivity contribution is 0.120. The highest BCUT2D eigenvalue weighted by molar-refractivity contribution is 5.02. The average Bonchev–Trinajstić information content (AvgIpc) is 2.97. The van der Waals surface area contributed by atoms with Crippen LogP contribution in [-0.2, 0) is 13.5 Å². The highest BCUT2D eigenvalue weighted by Gasteiger charge is 2.34. The van der Waals surface area contributed by atoms with E-state index in [-0.39, 0.29) is 11.6 Å². The highest BCUT2D eigenvalue weighted by atomic mass is 15.3. The van der Waals surface area contributed by atoms with Gasteiger partial charge in [-0.05, 0) is 58.7 Å². The third kappa shape index (κ3) is 2.75. The minimum atomic E-state index is 0.106. The molecule has 1 aliphatic heterocycles. The Balaban J connectivity index is 1.90. The van der Waals surface area contributed by atoms with E-state index in [0.717, 1.165) is 12.8 Å². The molecule has 2 rings (SSSR count). The van der Waals surface area contributed by atoms with Gasteiger partial charge in [-0.25, -0.2) is 0 Å². The van der Waals surface area contributed by atoms with Gasteiger partial charge in [-0.1, -0.05) is 0 Å². The molecule has 0 saturated carbocycles. The van der Waals surface area contributed by atoms with Crippen molar-refractivity contribution in [2.45, 2.75) is 51.1 Å². The molecule has 4 heteroatoms. The second kappa shape index (κ2) is 5.41. The number of hydrogen-bond acceptors (Lipinski definition) is 3. The molecule has 1 fully saturated rings. The van der Waals surface area contributed by atoms with Crippen molar-refractivity contribution in [1.29, 1.82) is 0 Å². The van der Waals surface area contributed by atoms with Crippen LogP contribution in [0.2, 0.25) is 0 Å². The van der Waals surface area contributed by atoms with Gasteiger partial charge in [0.05, 0.1) is 0 Å². The Labute approximate surface area is 110 Å². The Morgan fingerprint density at radius 2 is 2.06 bits per heavy atom. The van der Waals surface area contributed by atoms with Crippen LogP contribution < -0.4 is 5.73 Å². The van der Waals surface area contributed by atoms with Crippen LogP contribution in [0.1, 0.15) is 38.8 Å². The van der Waals surface area contributed by atoms with Gasteiger partial charge in [-0.3, -0.25) is 9.58 Å². The van der Waals surface area contributed by atoms with Gasteiger partial charge in [-0.15, -0.1) is 0 Å². The molecule has 1 aromatic rings. The van der Waals surface area contributed by atoms with Crippen molar-refractivity contribution >= 4 is 0 Å². The third-order valence-electron chi connectivity index (χ3n) is 4.46. The van der Waals surface area contributed by atoms with Crippen molar-refractivity contribution in [2.75, 3.05) is 13.1 Å². The van der Waals surface area contributed by atoms with Gasteiger partial charge in [-0.2, -0.15) is 5.10 Å². The van der Waals surface area contributed by atoms with Crippen LogP contribution in [-0.4, -0.2) is 39.4 Å². The average molecular weight is 250 g/mol. The SMILES string of the molecule is Cn1nccc1CCC(N)C(C)(C)N1CCCC1. The van der Waals surface area contributed by atoms with E-state index in [4.69, 9.17) is 5.73 Å². The molecule has 1 saturated heterocycles. The van der Waals surface area contributed by atoms with Gasteiger partial charge in [0.2, 0.25) is 0 Å². The maximum Gasteiger partial charge on any atom is 0.0492 e. The van der Waals surface area contributed by atoms with Gasteiger partial charge in [0.15, 0.2) is 0 Å². The van der Waals surface area contributed by atoms with E-state index in [1.807, 2.05) is 17.9 Å². The van der Waals surface area contributed by atoms with Crippen LogP contribution in [0, 0.1) is 0 Å². The quantitative estimate of drug-likeness (QED) is 0.862. The van der Waals surface area contributed by atoms with E-state index in [2.05, 4.69) is 29.9 Å². The maximum atomic E-state index is 6.43. The van der Waals surface area contributed by atoms with Crippen LogP contribution in [0.4, 0.5) is 0 Å². The van der Waals surface area contributed by atoms with Gasteiger partial charge in [0, 0.05) is 30.5 Å². The second-order valence-corrected chi connectivity index (χ2v) is 5.94. The molecule has 18 heavy (non-hydrogen) atoms. The zero-order valence-electron chi connectivity index (χ0n) is 11.9. The molecule has 102 valence electrons. The summed E-state index contributed by atoms with van der Waals surface area (Å²) in [6, 6.07) is 2.29. The minimum absolute atomic E-state index is 0.106. The van der Waals surface area contributed by atoms with Crippen molar-refractivity contribution in [3.63, 3.8) is 0 Å². The van der Waals surface area contributed by atoms with Crippen molar-refractivity contribution in [3.8, 4) is 0 Å². The molecule has 0 radical (unpaired) electrons. The van der Waals surface area contributed by atoms with Crippen molar-refractivity contribution < 1.29 is 0 Å². The largest absolute Gasteiger partial charge is 0.326 e. The molecule has 1 aromatic heterocycles. The van der Waals surface area contributed by atoms with E-state index in [1.165, 1.54) is 31.6 Å². The summed E-state index contributed by atoms with van der Waals surface area (Å²) in [5, 5.41) is 4.20. The number of aromatic nitrogens is 2. The molecular weight excluding hydrogens is 224 g/mol. The molecule has 0 aliphatic carbocycles. The van der Waals surface area contributed by atoms with Gasteiger partial charge in [0.25, 0.3) is 0 Å². The Hall–Kier alpha value is -0.870. The lowest BCUT2D eigenvalue weighted by Crippen LogP contribution is -2.55. The first-order chi connectivity index (χ1) is 8.51. The molecule has 0 bridgehead atoms. The summed E-state index contributed by atoms with van der Waals surface area (Å²) in [6.07, 6.45) is 6.51. The number of likely N-dealkylation sites (tertiary alicyclic amines) is 1. The topological polar surface area (TPSA) is 47.1 Å². The first-order valence-electron chi connectivity index (χ1n) is 6.99. The second-order valence-electron chi connectivity index (χ2n) is 5.94. The number of rotatable bonds is 5. The molecule has 0 amide bonds. The summed E-state index contributed by atoms with van der Waals surface area (Å²) in [5.41, 5.74) is 7.80. The van der Waals surface area contributed by atoms with Crippen LogP contribution in [0.15, 0.2) is 12.3 Å². The van der Waals surface area contributed by atoms with Crippen molar-refractivity contribution in [2.24, 2.45) is 12.8 Å². The fourth-order valence-electron chi connectivity index (χ4n) is 2.83. The predicted molar refractivity (Wildman–Crippen MR) is 74.4 cm³/mol. The van der Waals surface area contributed by atoms with E-state index in [0.29, 0.717) is 0 Å². The fraction of sp³-hybridized carbons (Fsp3) is 0.786. The molecule has 4 nitrogen and oxygen atoms in total. The van der Waals surface area contributed by atoms with Crippen LogP contribution >= 0.6 is 0 Å². The molecular formula is C14H26N4. The zero-order chi connectivity index (χ0) is 13.2. The monoisotopic (exact) mass is 250 g/mol. The lowest BCUT2D eigenvalue weighted by atomic mass is 9.89. The molecule has 0 spiro atoms. The Bertz CT molecular complexity index is 377. The third-order valence-corrected chi connectivity index (χ3v) is 4.46. The zero-order valence-corrected chi connectivity index (χ0v) is 11.9. The van der Waals surface area contributed by atoms with E-state index < -0.39 is 0 Å². The smallest absolute Gasteiger partial charge is 0.0492 e. The number of hydrogen-bond donors (Lipinski definition) is 1. The predicted octanol–water partition coefficient (Wildman–Crippen LogP) is 1.55. The van der Waals surface area contributed by atoms with Crippen LogP contribution in [0.25, 0.3) is 0 Å². The van der Waals surface area contributed by atoms with Gasteiger partial charge >= 0.3 is 0 Å². The maximum absolute atomic E-state index is 6.43. The normalized spacial score (nSPS) is 19.3. The van der Waals surface area contributed by atoms with Gasteiger partial charge in [0.1, 0.15) is 0 Å². The Kier molecular flexibility index (Phi) is 4.07. The summed E-state index contributed by atoms with van der Waals surface area (Å²) >= 11 is 0. The van der Waals surface area contributed by atoms with Crippen molar-refractivity contribution in [1.82, 2.24) is 14.7 Å². The first kappa shape index (κ1) is 13.6. The minimum Gasteiger partial charge on any atom is -0.326 e. The van der Waals surface area contributed by atoms with Crippen LogP contribution in [0.5, 0.6) is 0 Å². The summed E-state index contributed by atoms with van der Waals surface area (Å²) in [7, 11) is 1.99. The lowest BCUT2D eigenvalue weighted by Gasteiger charge is -2.40. The summed E-state index contributed by atoms with van der Waals surface area (Å²) in [5.74, 6) is 0. The Morgan fingerprint density at radius 3 is 2.61 bits per heavy atom. The van der Waals surface area contributed by atoms with Crippen LogP contribution in [0.3, 0.4) is 0 Å².